The smallest absolute Gasteiger partial charge is 0.267 e. The van der Waals surface area contributed by atoms with Gasteiger partial charge in [0.25, 0.3) is 11.6 Å². The Labute approximate surface area is 144 Å². The van der Waals surface area contributed by atoms with Crippen LogP contribution in [0.4, 0.5) is 5.69 Å². The first-order chi connectivity index (χ1) is 11.5. The topological polar surface area (TPSA) is 84.6 Å². The third-order valence-corrected chi connectivity index (χ3v) is 3.69. The van der Waals surface area contributed by atoms with Gasteiger partial charge >= 0.3 is 0 Å². The zero-order chi connectivity index (χ0) is 17.5. The summed E-state index contributed by atoms with van der Waals surface area (Å²) in [4.78, 5) is 22.2. The monoisotopic (exact) mass is 345 g/mol. The SMILES string of the molecule is C/C(CCc1ccccc1)=N/NC(=O)c1ccc(Cl)c([N+](=O)[O-])c1. The Kier molecular flexibility index (Phi) is 6.03. The Balaban J connectivity index is 1.96. The molecule has 1 amide bonds. The molecule has 1 N–H and O–H groups in total. The van der Waals surface area contributed by atoms with Crippen molar-refractivity contribution < 1.29 is 9.72 Å². The highest BCUT2D eigenvalue weighted by atomic mass is 35.5. The van der Waals surface area contributed by atoms with Crippen LogP contribution in [0.25, 0.3) is 0 Å². The maximum atomic E-state index is 12.0. The lowest BCUT2D eigenvalue weighted by atomic mass is 10.1. The Morgan fingerprint density at radius 2 is 1.96 bits per heavy atom. The van der Waals surface area contributed by atoms with Gasteiger partial charge in [-0.05, 0) is 37.5 Å². The number of benzene rings is 2. The van der Waals surface area contributed by atoms with Crippen LogP contribution < -0.4 is 5.43 Å². The van der Waals surface area contributed by atoms with Crippen LogP contribution in [0.2, 0.25) is 5.02 Å². The fourth-order valence-corrected chi connectivity index (χ4v) is 2.22. The standard InChI is InChI=1S/C17H16ClN3O3/c1-12(7-8-13-5-3-2-4-6-13)19-20-17(22)14-9-10-15(18)16(11-14)21(23)24/h2-6,9-11H,7-8H2,1H3,(H,20,22)/b19-12-. The number of nitrogens with one attached hydrogen (secondary N) is 1. The van der Waals surface area contributed by atoms with Crippen molar-refractivity contribution >= 4 is 28.9 Å². The fraction of sp³-hybridized carbons (Fsp3) is 0.176. The highest BCUT2D eigenvalue weighted by Gasteiger charge is 2.16. The summed E-state index contributed by atoms with van der Waals surface area (Å²) in [6.45, 7) is 1.81. The average Bonchev–Trinajstić information content (AvgIpc) is 2.59. The van der Waals surface area contributed by atoms with Gasteiger partial charge < -0.3 is 0 Å². The first-order valence-electron chi connectivity index (χ1n) is 7.28. The molecule has 0 radical (unpaired) electrons. The molecule has 7 heteroatoms. The van der Waals surface area contributed by atoms with Crippen LogP contribution in [0.3, 0.4) is 0 Å². The summed E-state index contributed by atoms with van der Waals surface area (Å²) < 4.78 is 0. The van der Waals surface area contributed by atoms with E-state index in [9.17, 15) is 14.9 Å². The zero-order valence-corrected chi connectivity index (χ0v) is 13.8. The van der Waals surface area contributed by atoms with Gasteiger partial charge in [-0.2, -0.15) is 5.10 Å². The van der Waals surface area contributed by atoms with E-state index in [1.807, 2.05) is 37.3 Å². The molecule has 0 aliphatic heterocycles. The minimum Gasteiger partial charge on any atom is -0.267 e. The first kappa shape index (κ1) is 17.6. The van der Waals surface area contributed by atoms with Crippen molar-refractivity contribution in [1.82, 2.24) is 5.43 Å². The molecule has 0 heterocycles. The van der Waals surface area contributed by atoms with Crippen LogP contribution in [-0.4, -0.2) is 16.5 Å². The number of hydrogen-bond acceptors (Lipinski definition) is 4. The summed E-state index contributed by atoms with van der Waals surface area (Å²) in [5, 5.41) is 14.9. The maximum absolute atomic E-state index is 12.0. The Morgan fingerprint density at radius 3 is 2.62 bits per heavy atom. The van der Waals surface area contributed by atoms with E-state index in [-0.39, 0.29) is 16.3 Å². The van der Waals surface area contributed by atoms with Crippen molar-refractivity contribution in [2.75, 3.05) is 0 Å². The molecule has 0 fully saturated rings. The number of halogens is 1. The van der Waals surface area contributed by atoms with Gasteiger partial charge in [-0.1, -0.05) is 41.9 Å². The molecule has 2 rings (SSSR count). The lowest BCUT2D eigenvalue weighted by Crippen LogP contribution is -2.19. The lowest BCUT2D eigenvalue weighted by Gasteiger charge is -2.04. The molecular weight excluding hydrogens is 330 g/mol. The molecule has 0 saturated heterocycles. The van der Waals surface area contributed by atoms with Gasteiger partial charge in [-0.25, -0.2) is 5.43 Å². The van der Waals surface area contributed by atoms with Crippen LogP contribution in [0.5, 0.6) is 0 Å². The van der Waals surface area contributed by atoms with Crippen molar-refractivity contribution in [3.8, 4) is 0 Å². The highest BCUT2D eigenvalue weighted by Crippen LogP contribution is 2.24. The summed E-state index contributed by atoms with van der Waals surface area (Å²) in [6.07, 6.45) is 1.52. The van der Waals surface area contributed by atoms with Crippen molar-refractivity contribution in [1.29, 1.82) is 0 Å². The minimum atomic E-state index is -0.631. The van der Waals surface area contributed by atoms with Crippen molar-refractivity contribution in [3.05, 3.63) is 74.8 Å². The van der Waals surface area contributed by atoms with Crippen molar-refractivity contribution in [2.24, 2.45) is 5.10 Å². The second-order valence-electron chi connectivity index (χ2n) is 5.20. The van der Waals surface area contributed by atoms with Crippen LogP contribution >= 0.6 is 11.6 Å². The molecule has 0 atom stereocenters. The predicted octanol–water partition coefficient (Wildman–Crippen LogP) is 3.99. The van der Waals surface area contributed by atoms with E-state index >= 15 is 0 Å². The van der Waals surface area contributed by atoms with E-state index in [2.05, 4.69) is 10.5 Å². The van der Waals surface area contributed by atoms with Crippen LogP contribution in [0.15, 0.2) is 53.6 Å². The van der Waals surface area contributed by atoms with Gasteiger partial charge in [0.15, 0.2) is 0 Å². The molecule has 0 bridgehead atoms. The number of aryl methyl sites for hydroxylation is 1. The summed E-state index contributed by atoms with van der Waals surface area (Å²) in [5.74, 6) is -0.520. The number of hydrogen-bond donors (Lipinski definition) is 1. The Bertz CT molecular complexity index is 776. The van der Waals surface area contributed by atoms with E-state index in [4.69, 9.17) is 11.6 Å². The Hall–Kier alpha value is -2.73. The van der Waals surface area contributed by atoms with Gasteiger partial charge in [-0.15, -0.1) is 0 Å². The molecule has 2 aromatic rings. The summed E-state index contributed by atoms with van der Waals surface area (Å²) in [5.41, 5.74) is 4.17. The molecule has 6 nitrogen and oxygen atoms in total. The molecule has 0 aliphatic carbocycles. The third kappa shape index (κ3) is 4.89. The van der Waals surface area contributed by atoms with E-state index in [1.165, 1.54) is 17.7 Å². The summed E-state index contributed by atoms with van der Waals surface area (Å²) in [7, 11) is 0. The Morgan fingerprint density at radius 1 is 1.25 bits per heavy atom. The molecule has 0 unspecified atom stereocenters. The lowest BCUT2D eigenvalue weighted by molar-refractivity contribution is -0.384. The van der Waals surface area contributed by atoms with E-state index in [0.29, 0.717) is 6.42 Å². The second kappa shape index (κ2) is 8.21. The average molecular weight is 346 g/mol. The van der Waals surface area contributed by atoms with Crippen molar-refractivity contribution in [3.63, 3.8) is 0 Å². The molecule has 124 valence electrons. The summed E-state index contributed by atoms with van der Waals surface area (Å²) in [6, 6.07) is 13.8. The number of nitrogens with zero attached hydrogens (tertiary/aromatic N) is 2. The largest absolute Gasteiger partial charge is 0.288 e. The van der Waals surface area contributed by atoms with Gasteiger partial charge in [0, 0.05) is 17.3 Å². The quantitative estimate of drug-likeness (QED) is 0.488. The molecule has 0 spiro atoms. The third-order valence-electron chi connectivity index (χ3n) is 3.37. The summed E-state index contributed by atoms with van der Waals surface area (Å²) >= 11 is 5.72. The van der Waals surface area contributed by atoms with Gasteiger partial charge in [0.1, 0.15) is 5.02 Å². The van der Waals surface area contributed by atoms with E-state index in [0.717, 1.165) is 18.2 Å². The number of amides is 1. The highest BCUT2D eigenvalue weighted by molar-refractivity contribution is 6.32. The van der Waals surface area contributed by atoms with E-state index in [1.54, 1.807) is 0 Å². The molecule has 0 aliphatic rings. The molecule has 2 aromatic carbocycles. The molecule has 0 aromatic heterocycles. The number of nitro benzene ring substituents is 1. The predicted molar refractivity (Wildman–Crippen MR) is 93.4 cm³/mol. The minimum absolute atomic E-state index is 0.0147. The molecule has 24 heavy (non-hydrogen) atoms. The van der Waals surface area contributed by atoms with Gasteiger partial charge in [-0.3, -0.25) is 14.9 Å². The number of nitro groups is 1. The van der Waals surface area contributed by atoms with Crippen LogP contribution in [-0.2, 0) is 6.42 Å². The first-order valence-corrected chi connectivity index (χ1v) is 7.66. The number of carbonyl (C=O) groups excluding carboxylic acids is 1. The second-order valence-corrected chi connectivity index (χ2v) is 5.60. The van der Waals surface area contributed by atoms with Crippen LogP contribution in [0, 0.1) is 10.1 Å². The van der Waals surface area contributed by atoms with Crippen LogP contribution in [0.1, 0.15) is 29.3 Å². The molecule has 0 saturated carbocycles. The zero-order valence-electron chi connectivity index (χ0n) is 13.0. The fourth-order valence-electron chi connectivity index (χ4n) is 2.03. The number of rotatable bonds is 6. The van der Waals surface area contributed by atoms with Gasteiger partial charge in [0.05, 0.1) is 4.92 Å². The van der Waals surface area contributed by atoms with E-state index < -0.39 is 10.8 Å². The maximum Gasteiger partial charge on any atom is 0.288 e. The molecular formula is C17H16ClN3O3. The van der Waals surface area contributed by atoms with Crippen molar-refractivity contribution in [2.45, 2.75) is 19.8 Å². The number of carbonyl (C=O) groups is 1. The number of hydrazone groups is 1. The normalized spacial score (nSPS) is 11.2. The van der Waals surface area contributed by atoms with Gasteiger partial charge in [0.2, 0.25) is 0 Å².